The lowest BCUT2D eigenvalue weighted by molar-refractivity contribution is 0.0908. The van der Waals surface area contributed by atoms with Gasteiger partial charge in [-0.3, -0.25) is 4.79 Å². The van der Waals surface area contributed by atoms with Crippen molar-refractivity contribution in [3.63, 3.8) is 0 Å². The smallest absolute Gasteiger partial charge is 0.251 e. The van der Waals surface area contributed by atoms with Gasteiger partial charge in [-0.15, -0.1) is 12.4 Å². The summed E-state index contributed by atoms with van der Waals surface area (Å²) in [5.74, 6) is 0.0676. The van der Waals surface area contributed by atoms with Gasteiger partial charge in [0.05, 0.1) is 4.90 Å². The van der Waals surface area contributed by atoms with Crippen molar-refractivity contribution in [2.45, 2.75) is 75.3 Å². The maximum absolute atomic E-state index is 12.8. The molecule has 0 radical (unpaired) electrons. The van der Waals surface area contributed by atoms with Gasteiger partial charge < -0.3 is 11.1 Å². The van der Waals surface area contributed by atoms with Gasteiger partial charge in [-0.1, -0.05) is 31.7 Å². The van der Waals surface area contributed by atoms with Crippen LogP contribution in [-0.4, -0.2) is 33.0 Å². The molecule has 1 amide bonds. The van der Waals surface area contributed by atoms with Crippen LogP contribution < -0.4 is 15.8 Å². The van der Waals surface area contributed by atoms with Gasteiger partial charge in [0.2, 0.25) is 10.0 Å². The summed E-state index contributed by atoms with van der Waals surface area (Å²) in [5.41, 5.74) is 6.88. The number of carbonyl (C=O) groups excluding carboxylic acids is 1. The molecule has 4 N–H and O–H groups in total. The van der Waals surface area contributed by atoms with Gasteiger partial charge in [-0.05, 0) is 62.8 Å². The molecule has 2 fully saturated rings. The lowest BCUT2D eigenvalue weighted by Crippen LogP contribution is -2.44. The Morgan fingerprint density at radius 1 is 1.11 bits per heavy atom. The van der Waals surface area contributed by atoms with Crippen LogP contribution in [0.2, 0.25) is 0 Å². The molecule has 0 spiro atoms. The lowest BCUT2D eigenvalue weighted by atomic mass is 9.84. The second kappa shape index (κ2) is 10.1. The fraction of sp³-hybridized carbons (Fsp3) is 0.650. The first kappa shape index (κ1) is 23.1. The van der Waals surface area contributed by atoms with Crippen LogP contribution in [0.1, 0.15) is 67.3 Å². The highest BCUT2D eigenvalue weighted by atomic mass is 35.5. The molecule has 2 aliphatic carbocycles. The minimum atomic E-state index is -3.63. The molecule has 0 aromatic heterocycles. The second-order valence-electron chi connectivity index (χ2n) is 7.94. The Kier molecular flexibility index (Phi) is 8.30. The third-order valence-corrected chi connectivity index (χ3v) is 7.61. The molecule has 2 saturated carbocycles. The van der Waals surface area contributed by atoms with Crippen LogP contribution in [0.5, 0.6) is 0 Å². The molecule has 6 nitrogen and oxygen atoms in total. The molecule has 28 heavy (non-hydrogen) atoms. The van der Waals surface area contributed by atoms with Gasteiger partial charge in [0.25, 0.3) is 5.91 Å². The van der Waals surface area contributed by atoms with Crippen molar-refractivity contribution in [3.05, 3.63) is 29.3 Å². The van der Waals surface area contributed by atoms with E-state index in [1.54, 1.807) is 19.1 Å². The number of nitrogens with one attached hydrogen (secondary N) is 2. The second-order valence-corrected chi connectivity index (χ2v) is 9.63. The molecule has 158 valence electrons. The summed E-state index contributed by atoms with van der Waals surface area (Å²) >= 11 is 0. The normalized spacial score (nSPS) is 23.2. The maximum Gasteiger partial charge on any atom is 0.251 e. The molecule has 0 heterocycles. The van der Waals surface area contributed by atoms with Crippen LogP contribution in [0, 0.1) is 12.8 Å². The third kappa shape index (κ3) is 5.47. The molecule has 0 bridgehead atoms. The van der Waals surface area contributed by atoms with Gasteiger partial charge in [0.1, 0.15) is 0 Å². The number of benzene rings is 1. The van der Waals surface area contributed by atoms with E-state index in [4.69, 9.17) is 5.73 Å². The number of sulfonamides is 1. The number of rotatable bonds is 6. The van der Waals surface area contributed by atoms with Gasteiger partial charge in [-0.2, -0.15) is 0 Å². The molecule has 2 unspecified atom stereocenters. The summed E-state index contributed by atoms with van der Waals surface area (Å²) in [7, 11) is -3.63. The first-order chi connectivity index (χ1) is 12.9. The predicted octanol–water partition coefficient (Wildman–Crippen LogP) is 2.89. The minimum absolute atomic E-state index is 0. The average molecular weight is 430 g/mol. The topological polar surface area (TPSA) is 101 Å². The first-order valence-corrected chi connectivity index (χ1v) is 11.5. The van der Waals surface area contributed by atoms with E-state index in [1.165, 1.54) is 6.07 Å². The highest BCUT2D eigenvalue weighted by Crippen LogP contribution is 2.25. The zero-order valence-corrected chi connectivity index (χ0v) is 18.1. The van der Waals surface area contributed by atoms with Crippen molar-refractivity contribution in [1.82, 2.24) is 10.0 Å². The SMILES string of the molecule is Cc1ccc(C(=O)NC2CCCCC2CN)cc1S(=O)(=O)NC1CCCC1.Cl. The number of hydrogen-bond donors (Lipinski definition) is 3. The molecule has 0 saturated heterocycles. The summed E-state index contributed by atoms with van der Waals surface area (Å²) in [6.45, 7) is 2.32. The van der Waals surface area contributed by atoms with E-state index in [0.717, 1.165) is 51.4 Å². The largest absolute Gasteiger partial charge is 0.349 e. The van der Waals surface area contributed by atoms with Gasteiger partial charge in [0, 0.05) is 17.6 Å². The van der Waals surface area contributed by atoms with Crippen LogP contribution in [0.25, 0.3) is 0 Å². The van der Waals surface area contributed by atoms with Crippen molar-refractivity contribution in [3.8, 4) is 0 Å². The van der Waals surface area contributed by atoms with E-state index in [2.05, 4.69) is 10.0 Å². The van der Waals surface area contributed by atoms with E-state index in [9.17, 15) is 13.2 Å². The zero-order chi connectivity index (χ0) is 19.4. The summed E-state index contributed by atoms with van der Waals surface area (Å²) in [6, 6.07) is 4.97. The summed E-state index contributed by atoms with van der Waals surface area (Å²) in [4.78, 5) is 12.9. The number of amides is 1. The Morgan fingerprint density at radius 3 is 2.43 bits per heavy atom. The third-order valence-electron chi connectivity index (χ3n) is 5.95. The summed E-state index contributed by atoms with van der Waals surface area (Å²) in [6.07, 6.45) is 8.04. The van der Waals surface area contributed by atoms with Crippen LogP contribution in [0.15, 0.2) is 23.1 Å². The number of carbonyl (C=O) groups is 1. The van der Waals surface area contributed by atoms with Crippen LogP contribution >= 0.6 is 12.4 Å². The highest BCUT2D eigenvalue weighted by molar-refractivity contribution is 7.89. The zero-order valence-electron chi connectivity index (χ0n) is 16.4. The molecule has 1 aromatic rings. The monoisotopic (exact) mass is 429 g/mol. The van der Waals surface area contributed by atoms with Crippen molar-refractivity contribution in [2.75, 3.05) is 6.54 Å². The van der Waals surface area contributed by atoms with Crippen LogP contribution in [-0.2, 0) is 10.0 Å². The van der Waals surface area contributed by atoms with Crippen molar-refractivity contribution < 1.29 is 13.2 Å². The number of nitrogens with two attached hydrogens (primary N) is 1. The van der Waals surface area contributed by atoms with Crippen molar-refractivity contribution in [1.29, 1.82) is 0 Å². The fourth-order valence-corrected chi connectivity index (χ4v) is 5.86. The Morgan fingerprint density at radius 2 is 1.75 bits per heavy atom. The number of halogens is 1. The summed E-state index contributed by atoms with van der Waals surface area (Å²) < 4.78 is 28.4. The summed E-state index contributed by atoms with van der Waals surface area (Å²) in [5, 5.41) is 3.07. The Bertz CT molecular complexity index is 779. The Balaban J connectivity index is 0.00000280. The molecule has 2 aliphatic rings. The van der Waals surface area contributed by atoms with Crippen LogP contribution in [0.3, 0.4) is 0 Å². The average Bonchev–Trinajstić information content (AvgIpc) is 3.14. The molecule has 1 aromatic carbocycles. The first-order valence-electron chi connectivity index (χ1n) is 10.0. The quantitative estimate of drug-likeness (QED) is 0.647. The van der Waals surface area contributed by atoms with E-state index in [1.807, 2.05) is 0 Å². The van der Waals surface area contributed by atoms with Crippen molar-refractivity contribution in [2.24, 2.45) is 11.7 Å². The van der Waals surface area contributed by atoms with E-state index >= 15 is 0 Å². The minimum Gasteiger partial charge on any atom is -0.349 e. The standard InChI is InChI=1S/C20H31N3O3S.ClH/c1-14-10-11-15(20(24)22-18-9-5-2-6-16(18)13-21)12-19(14)27(25,26)23-17-7-3-4-8-17;/h10-12,16-18,23H,2-9,13,21H2,1H3,(H,22,24);1H. The van der Waals surface area contributed by atoms with E-state index in [-0.39, 0.29) is 35.3 Å². The van der Waals surface area contributed by atoms with E-state index < -0.39 is 10.0 Å². The van der Waals surface area contributed by atoms with E-state index in [0.29, 0.717) is 23.6 Å². The molecule has 3 rings (SSSR count). The van der Waals surface area contributed by atoms with Gasteiger partial charge in [0.15, 0.2) is 0 Å². The predicted molar refractivity (Wildman–Crippen MR) is 113 cm³/mol. The number of aryl methyl sites for hydroxylation is 1. The lowest BCUT2D eigenvalue weighted by Gasteiger charge is -2.31. The fourth-order valence-electron chi connectivity index (χ4n) is 4.29. The molecular weight excluding hydrogens is 398 g/mol. The van der Waals surface area contributed by atoms with Gasteiger partial charge in [-0.25, -0.2) is 13.1 Å². The molecular formula is C20H32ClN3O3S. The maximum atomic E-state index is 12.8. The molecule has 2 atom stereocenters. The number of hydrogen-bond acceptors (Lipinski definition) is 4. The van der Waals surface area contributed by atoms with Gasteiger partial charge >= 0.3 is 0 Å². The highest BCUT2D eigenvalue weighted by Gasteiger charge is 2.27. The molecule has 8 heteroatoms. The van der Waals surface area contributed by atoms with Crippen LogP contribution in [0.4, 0.5) is 0 Å². The molecule has 0 aliphatic heterocycles. The van der Waals surface area contributed by atoms with Crippen molar-refractivity contribution >= 4 is 28.3 Å². The Hall–Kier alpha value is -1.15. The Labute approximate surface area is 174 Å².